The van der Waals surface area contributed by atoms with Gasteiger partial charge in [-0.1, -0.05) is 12.8 Å². The van der Waals surface area contributed by atoms with E-state index in [1.807, 2.05) is 12.1 Å². The van der Waals surface area contributed by atoms with Gasteiger partial charge in [0.1, 0.15) is 0 Å². The molecule has 0 amide bonds. The molecule has 3 aliphatic rings. The average molecular weight is 284 g/mol. The fourth-order valence-electron chi connectivity index (χ4n) is 4.30. The summed E-state index contributed by atoms with van der Waals surface area (Å²) in [5.74, 6) is -1.72. The highest BCUT2D eigenvalue weighted by molar-refractivity contribution is 5.89. The highest BCUT2D eigenvalue weighted by Crippen LogP contribution is 2.65. The molecule has 3 fully saturated rings. The van der Waals surface area contributed by atoms with E-state index in [-0.39, 0.29) is 5.90 Å². The van der Waals surface area contributed by atoms with Crippen LogP contribution in [0.15, 0.2) is 0 Å². The van der Waals surface area contributed by atoms with Gasteiger partial charge in [-0.3, -0.25) is 5.41 Å². The normalized spacial score (nSPS) is 43.4. The van der Waals surface area contributed by atoms with Gasteiger partial charge in [-0.2, -0.15) is 15.8 Å². The molecule has 0 aromatic carbocycles. The number of hydrogen-bond acceptors (Lipinski definition) is 6. The summed E-state index contributed by atoms with van der Waals surface area (Å²) in [6, 6.07) is 6.10. The molecule has 3 rings (SSSR count). The van der Waals surface area contributed by atoms with Gasteiger partial charge >= 0.3 is 0 Å². The van der Waals surface area contributed by atoms with Gasteiger partial charge in [-0.05, 0) is 19.8 Å². The fraction of sp³-hybridized carbons (Fsp3) is 0.733. The van der Waals surface area contributed by atoms with E-state index in [4.69, 9.17) is 14.9 Å². The predicted octanol–water partition coefficient (Wildman–Crippen LogP) is 2.23. The van der Waals surface area contributed by atoms with E-state index >= 15 is 0 Å². The second-order valence-corrected chi connectivity index (χ2v) is 6.11. The van der Waals surface area contributed by atoms with Gasteiger partial charge in [0.2, 0.25) is 11.7 Å². The number of hydrogen-bond donors (Lipinski definition) is 1. The number of nitriles is 3. The smallest absolute Gasteiger partial charge is 0.217 e. The summed E-state index contributed by atoms with van der Waals surface area (Å²) in [6.45, 7) is 1.63. The first kappa shape index (κ1) is 13.9. The summed E-state index contributed by atoms with van der Waals surface area (Å²) in [7, 11) is 0. The van der Waals surface area contributed by atoms with E-state index in [1.54, 1.807) is 6.92 Å². The van der Waals surface area contributed by atoms with Crippen molar-refractivity contribution < 1.29 is 9.47 Å². The minimum atomic E-state index is -1.70. The summed E-state index contributed by atoms with van der Waals surface area (Å²) >= 11 is 0. The van der Waals surface area contributed by atoms with Gasteiger partial charge in [0.15, 0.2) is 10.8 Å². The lowest BCUT2D eigenvalue weighted by Gasteiger charge is -2.48. The van der Waals surface area contributed by atoms with Crippen molar-refractivity contribution in [3.63, 3.8) is 0 Å². The topological polar surface area (TPSA) is 114 Å². The van der Waals surface area contributed by atoms with Crippen molar-refractivity contribution in [2.24, 2.45) is 16.7 Å². The maximum atomic E-state index is 9.85. The lowest BCUT2D eigenvalue weighted by Crippen LogP contribution is -2.61. The molecule has 0 aromatic rings. The SMILES string of the molecule is CC1OC23CCCCCC2C(C#N)(C(=N)O3)C1(C#N)C#N. The Balaban J connectivity index is 2.28. The van der Waals surface area contributed by atoms with Gasteiger partial charge in [-0.15, -0.1) is 0 Å². The highest BCUT2D eigenvalue weighted by atomic mass is 16.7. The Labute approximate surface area is 123 Å². The molecule has 2 saturated heterocycles. The van der Waals surface area contributed by atoms with Crippen LogP contribution in [0.4, 0.5) is 0 Å². The Morgan fingerprint density at radius 1 is 1.14 bits per heavy atom. The van der Waals surface area contributed by atoms with Crippen LogP contribution in [-0.4, -0.2) is 17.8 Å². The van der Waals surface area contributed by atoms with Crippen molar-refractivity contribution in [3.8, 4) is 18.2 Å². The molecule has 6 nitrogen and oxygen atoms in total. The first-order valence-corrected chi connectivity index (χ1v) is 7.22. The minimum Gasteiger partial charge on any atom is -0.447 e. The van der Waals surface area contributed by atoms with Gasteiger partial charge in [0, 0.05) is 6.42 Å². The van der Waals surface area contributed by atoms with E-state index in [9.17, 15) is 15.8 Å². The van der Waals surface area contributed by atoms with Gasteiger partial charge in [0.05, 0.1) is 30.2 Å². The zero-order valence-corrected chi connectivity index (χ0v) is 11.8. The molecule has 1 aliphatic carbocycles. The Morgan fingerprint density at radius 2 is 1.86 bits per heavy atom. The molecule has 21 heavy (non-hydrogen) atoms. The molecular formula is C15H16N4O2. The molecule has 4 atom stereocenters. The number of nitrogens with one attached hydrogen (secondary N) is 1. The van der Waals surface area contributed by atoms with E-state index in [0.29, 0.717) is 12.8 Å². The van der Waals surface area contributed by atoms with E-state index in [2.05, 4.69) is 6.07 Å². The molecule has 1 N–H and O–H groups in total. The number of rotatable bonds is 0. The minimum absolute atomic E-state index is 0.274. The van der Waals surface area contributed by atoms with Crippen molar-refractivity contribution in [2.75, 3.05) is 0 Å². The summed E-state index contributed by atoms with van der Waals surface area (Å²) in [6.07, 6.45) is 3.24. The molecular weight excluding hydrogens is 268 g/mol. The molecule has 6 heteroatoms. The third-order valence-electron chi connectivity index (χ3n) is 5.34. The largest absolute Gasteiger partial charge is 0.447 e. The molecule has 0 aromatic heterocycles. The Hall–Kier alpha value is -2.10. The Bertz CT molecular complexity index is 611. The van der Waals surface area contributed by atoms with Crippen LogP contribution in [0, 0.1) is 56.2 Å². The fourth-order valence-corrected chi connectivity index (χ4v) is 4.30. The number of ether oxygens (including phenoxy) is 2. The van der Waals surface area contributed by atoms with E-state index < -0.39 is 28.6 Å². The Kier molecular flexibility index (Phi) is 2.77. The van der Waals surface area contributed by atoms with Crippen LogP contribution in [0.25, 0.3) is 0 Å². The highest BCUT2D eigenvalue weighted by Gasteiger charge is 2.79. The molecule has 2 heterocycles. The maximum absolute atomic E-state index is 9.85. The molecule has 1 saturated carbocycles. The summed E-state index contributed by atoms with van der Waals surface area (Å²) in [4.78, 5) is 0. The zero-order chi connectivity index (χ0) is 15.3. The van der Waals surface area contributed by atoms with Crippen LogP contribution < -0.4 is 0 Å². The predicted molar refractivity (Wildman–Crippen MR) is 70.4 cm³/mol. The second kappa shape index (κ2) is 4.20. The van der Waals surface area contributed by atoms with Crippen LogP contribution in [0.5, 0.6) is 0 Å². The third kappa shape index (κ3) is 1.30. The van der Waals surface area contributed by atoms with Crippen molar-refractivity contribution >= 4 is 5.90 Å². The monoisotopic (exact) mass is 284 g/mol. The summed E-state index contributed by atoms with van der Waals surface area (Å²) < 4.78 is 11.7. The molecule has 0 radical (unpaired) electrons. The van der Waals surface area contributed by atoms with Crippen molar-refractivity contribution in [1.82, 2.24) is 0 Å². The van der Waals surface area contributed by atoms with Gasteiger partial charge in [-0.25, -0.2) is 0 Å². The first-order valence-electron chi connectivity index (χ1n) is 7.22. The lowest BCUT2D eigenvalue weighted by molar-refractivity contribution is -0.277. The lowest BCUT2D eigenvalue weighted by atomic mass is 9.53. The van der Waals surface area contributed by atoms with Crippen LogP contribution in [0.2, 0.25) is 0 Å². The van der Waals surface area contributed by atoms with Gasteiger partial charge in [0.25, 0.3) is 0 Å². The number of nitrogens with zero attached hydrogens (tertiary/aromatic N) is 3. The van der Waals surface area contributed by atoms with E-state index in [0.717, 1.165) is 19.3 Å². The molecule has 2 aliphatic heterocycles. The summed E-state index contributed by atoms with van der Waals surface area (Å²) in [5.41, 5.74) is -3.23. The summed E-state index contributed by atoms with van der Waals surface area (Å²) in [5, 5.41) is 37.4. The molecule has 4 unspecified atom stereocenters. The van der Waals surface area contributed by atoms with Crippen LogP contribution in [0.3, 0.4) is 0 Å². The van der Waals surface area contributed by atoms with E-state index in [1.165, 1.54) is 0 Å². The zero-order valence-electron chi connectivity index (χ0n) is 11.8. The average Bonchev–Trinajstić information content (AvgIpc) is 2.61. The van der Waals surface area contributed by atoms with Crippen LogP contribution in [0.1, 0.15) is 39.0 Å². The van der Waals surface area contributed by atoms with Crippen LogP contribution >= 0.6 is 0 Å². The Morgan fingerprint density at radius 3 is 2.48 bits per heavy atom. The first-order chi connectivity index (χ1) is 10.0. The second-order valence-electron chi connectivity index (χ2n) is 6.11. The van der Waals surface area contributed by atoms with Crippen molar-refractivity contribution in [2.45, 2.75) is 50.9 Å². The van der Waals surface area contributed by atoms with Crippen LogP contribution in [-0.2, 0) is 9.47 Å². The van der Waals surface area contributed by atoms with Gasteiger partial charge < -0.3 is 9.47 Å². The molecule has 2 bridgehead atoms. The van der Waals surface area contributed by atoms with Crippen molar-refractivity contribution in [1.29, 1.82) is 21.2 Å². The molecule has 108 valence electrons. The maximum Gasteiger partial charge on any atom is 0.217 e. The standard InChI is InChI=1S/C15H16N4O2/c1-10-13(7-16,8-17)14(9-18)11-5-3-2-4-6-15(11,20-10)21-12(14)19/h10-11,19H,2-6H2,1H3. The quantitative estimate of drug-likeness (QED) is 0.732. The third-order valence-corrected chi connectivity index (χ3v) is 5.34. The molecule has 0 spiro atoms. The van der Waals surface area contributed by atoms with Crippen molar-refractivity contribution in [3.05, 3.63) is 0 Å².